The number of aryl methyl sites for hydroxylation is 1. The Morgan fingerprint density at radius 1 is 1.50 bits per heavy atom. The van der Waals surface area contributed by atoms with Gasteiger partial charge < -0.3 is 10.4 Å². The number of hydrogen-bond donors (Lipinski definition) is 2. The van der Waals surface area contributed by atoms with Gasteiger partial charge in [0.1, 0.15) is 0 Å². The van der Waals surface area contributed by atoms with E-state index in [0.29, 0.717) is 18.7 Å². The molecule has 1 aromatic carbocycles. The SMILES string of the molecule is Cc1cc([C]=O)ccc1CNCCO. The van der Waals surface area contributed by atoms with Crippen LogP contribution < -0.4 is 5.32 Å². The molecule has 0 saturated heterocycles. The highest BCUT2D eigenvalue weighted by molar-refractivity contribution is 5.75. The van der Waals surface area contributed by atoms with Gasteiger partial charge in [-0.15, -0.1) is 0 Å². The molecule has 0 unspecified atom stereocenters. The summed E-state index contributed by atoms with van der Waals surface area (Å²) in [6, 6.07) is 5.46. The third kappa shape index (κ3) is 2.94. The molecule has 3 heteroatoms. The van der Waals surface area contributed by atoms with Gasteiger partial charge in [-0.05, 0) is 24.1 Å². The molecule has 0 bridgehead atoms. The van der Waals surface area contributed by atoms with Crippen LogP contribution in [-0.2, 0) is 11.3 Å². The van der Waals surface area contributed by atoms with E-state index in [-0.39, 0.29) is 6.61 Å². The molecular weight excluding hydrogens is 178 g/mol. The van der Waals surface area contributed by atoms with E-state index in [1.807, 2.05) is 25.3 Å². The lowest BCUT2D eigenvalue weighted by atomic mass is 10.1. The van der Waals surface area contributed by atoms with Crippen molar-refractivity contribution in [2.75, 3.05) is 13.2 Å². The lowest BCUT2D eigenvalue weighted by Gasteiger charge is -2.06. The first-order chi connectivity index (χ1) is 6.77. The van der Waals surface area contributed by atoms with Crippen molar-refractivity contribution in [3.05, 3.63) is 34.9 Å². The predicted molar refractivity (Wildman–Crippen MR) is 54.8 cm³/mol. The predicted octanol–water partition coefficient (Wildman–Crippen LogP) is 0.535. The molecule has 1 aromatic rings. The second kappa shape index (κ2) is 5.52. The molecule has 0 aliphatic carbocycles. The molecule has 14 heavy (non-hydrogen) atoms. The molecule has 0 heterocycles. The fraction of sp³-hybridized carbons (Fsp3) is 0.364. The Morgan fingerprint density at radius 3 is 2.86 bits per heavy atom. The molecule has 1 radical (unpaired) electrons. The van der Waals surface area contributed by atoms with E-state index >= 15 is 0 Å². The van der Waals surface area contributed by atoms with Gasteiger partial charge in [0.2, 0.25) is 6.29 Å². The second-order valence-corrected chi connectivity index (χ2v) is 3.14. The van der Waals surface area contributed by atoms with E-state index in [0.717, 1.165) is 11.1 Å². The smallest absolute Gasteiger partial charge is 0.233 e. The van der Waals surface area contributed by atoms with Crippen molar-refractivity contribution in [3.8, 4) is 0 Å². The highest BCUT2D eigenvalue weighted by Gasteiger charge is 1.99. The molecule has 0 fully saturated rings. The maximum atomic E-state index is 10.4. The van der Waals surface area contributed by atoms with Crippen molar-refractivity contribution < 1.29 is 9.90 Å². The standard InChI is InChI=1S/C11H14NO2/c1-9-6-10(8-14)2-3-11(9)7-12-4-5-13/h2-3,6,12-13H,4-5,7H2,1H3. The Kier molecular flexibility index (Phi) is 4.29. The number of benzene rings is 1. The van der Waals surface area contributed by atoms with Crippen LogP contribution in [0.5, 0.6) is 0 Å². The van der Waals surface area contributed by atoms with Gasteiger partial charge in [0.25, 0.3) is 0 Å². The summed E-state index contributed by atoms with van der Waals surface area (Å²) in [6.45, 7) is 3.39. The van der Waals surface area contributed by atoms with Gasteiger partial charge in [0, 0.05) is 18.7 Å². The van der Waals surface area contributed by atoms with Gasteiger partial charge in [-0.1, -0.05) is 12.1 Å². The molecule has 0 aromatic heterocycles. The van der Waals surface area contributed by atoms with Gasteiger partial charge in [-0.3, -0.25) is 4.79 Å². The molecular formula is C11H14NO2. The lowest BCUT2D eigenvalue weighted by molar-refractivity contribution is 0.292. The van der Waals surface area contributed by atoms with Crippen LogP contribution >= 0.6 is 0 Å². The lowest BCUT2D eigenvalue weighted by Crippen LogP contribution is -2.18. The Bertz CT molecular complexity index is 310. The van der Waals surface area contributed by atoms with Gasteiger partial charge >= 0.3 is 0 Å². The number of rotatable bonds is 5. The van der Waals surface area contributed by atoms with Crippen LogP contribution in [0.4, 0.5) is 0 Å². The van der Waals surface area contributed by atoms with E-state index < -0.39 is 0 Å². The van der Waals surface area contributed by atoms with Gasteiger partial charge in [0.15, 0.2) is 0 Å². The molecule has 0 saturated carbocycles. The third-order valence-corrected chi connectivity index (χ3v) is 2.06. The van der Waals surface area contributed by atoms with E-state index in [9.17, 15) is 4.79 Å². The maximum absolute atomic E-state index is 10.4. The quantitative estimate of drug-likeness (QED) is 0.669. The fourth-order valence-corrected chi connectivity index (χ4v) is 1.26. The number of aliphatic hydroxyl groups excluding tert-OH is 1. The zero-order valence-electron chi connectivity index (χ0n) is 8.21. The first kappa shape index (κ1) is 10.9. The van der Waals surface area contributed by atoms with E-state index in [1.54, 1.807) is 6.07 Å². The molecule has 1 rings (SSSR count). The van der Waals surface area contributed by atoms with E-state index in [2.05, 4.69) is 5.32 Å². The van der Waals surface area contributed by atoms with Crippen molar-refractivity contribution >= 4 is 6.29 Å². The van der Waals surface area contributed by atoms with Crippen molar-refractivity contribution in [1.82, 2.24) is 5.32 Å². The monoisotopic (exact) mass is 192 g/mol. The van der Waals surface area contributed by atoms with Gasteiger partial charge in [0.05, 0.1) is 6.61 Å². The fourth-order valence-electron chi connectivity index (χ4n) is 1.26. The largest absolute Gasteiger partial charge is 0.395 e. The number of aliphatic hydroxyl groups is 1. The summed E-state index contributed by atoms with van der Waals surface area (Å²) in [5.41, 5.74) is 2.78. The molecule has 2 N–H and O–H groups in total. The Hall–Kier alpha value is -1.19. The number of carbonyl (C=O) groups excluding carboxylic acids is 1. The number of hydrogen-bond acceptors (Lipinski definition) is 3. The van der Waals surface area contributed by atoms with E-state index in [4.69, 9.17) is 5.11 Å². The average Bonchev–Trinajstić information content (AvgIpc) is 2.20. The Morgan fingerprint density at radius 2 is 2.29 bits per heavy atom. The summed E-state index contributed by atoms with van der Waals surface area (Å²) in [5.74, 6) is 0. The molecule has 75 valence electrons. The summed E-state index contributed by atoms with van der Waals surface area (Å²) >= 11 is 0. The van der Waals surface area contributed by atoms with Crippen LogP contribution in [0.3, 0.4) is 0 Å². The minimum absolute atomic E-state index is 0.138. The zero-order chi connectivity index (χ0) is 10.4. The zero-order valence-corrected chi connectivity index (χ0v) is 8.21. The average molecular weight is 192 g/mol. The molecule has 0 aliphatic rings. The second-order valence-electron chi connectivity index (χ2n) is 3.14. The maximum Gasteiger partial charge on any atom is 0.233 e. The van der Waals surface area contributed by atoms with Crippen molar-refractivity contribution in [1.29, 1.82) is 0 Å². The summed E-state index contributed by atoms with van der Waals surface area (Å²) in [4.78, 5) is 10.4. The highest BCUT2D eigenvalue weighted by Crippen LogP contribution is 2.09. The molecule has 0 atom stereocenters. The topological polar surface area (TPSA) is 49.3 Å². The van der Waals surface area contributed by atoms with Crippen LogP contribution in [0.25, 0.3) is 0 Å². The first-order valence-corrected chi connectivity index (χ1v) is 4.57. The van der Waals surface area contributed by atoms with E-state index in [1.165, 1.54) is 0 Å². The highest BCUT2D eigenvalue weighted by atomic mass is 16.3. The minimum atomic E-state index is 0.138. The van der Waals surface area contributed by atoms with Crippen LogP contribution in [0.15, 0.2) is 18.2 Å². The third-order valence-electron chi connectivity index (χ3n) is 2.06. The van der Waals surface area contributed by atoms with Crippen LogP contribution in [0, 0.1) is 6.92 Å². The first-order valence-electron chi connectivity index (χ1n) is 4.57. The Labute approximate surface area is 83.8 Å². The Balaban J connectivity index is 2.64. The summed E-state index contributed by atoms with van der Waals surface area (Å²) in [6.07, 6.45) is 1.85. The molecule has 0 spiro atoms. The minimum Gasteiger partial charge on any atom is -0.395 e. The van der Waals surface area contributed by atoms with Gasteiger partial charge in [-0.25, -0.2) is 0 Å². The van der Waals surface area contributed by atoms with Crippen LogP contribution in [0.1, 0.15) is 16.7 Å². The van der Waals surface area contributed by atoms with Gasteiger partial charge in [-0.2, -0.15) is 0 Å². The summed E-state index contributed by atoms with van der Waals surface area (Å²) in [7, 11) is 0. The van der Waals surface area contributed by atoms with Crippen LogP contribution in [-0.4, -0.2) is 24.5 Å². The van der Waals surface area contributed by atoms with Crippen molar-refractivity contribution in [3.63, 3.8) is 0 Å². The van der Waals surface area contributed by atoms with Crippen molar-refractivity contribution in [2.45, 2.75) is 13.5 Å². The molecule has 0 amide bonds. The normalized spacial score (nSPS) is 10.1. The molecule has 0 aliphatic heterocycles. The van der Waals surface area contributed by atoms with Crippen LogP contribution in [0.2, 0.25) is 0 Å². The van der Waals surface area contributed by atoms with Crippen molar-refractivity contribution in [2.24, 2.45) is 0 Å². The molecule has 3 nitrogen and oxygen atoms in total. The number of nitrogens with one attached hydrogen (secondary N) is 1. The summed E-state index contributed by atoms with van der Waals surface area (Å²) in [5, 5.41) is 11.7. The summed E-state index contributed by atoms with van der Waals surface area (Å²) < 4.78 is 0.